The zero-order chi connectivity index (χ0) is 29.6. The lowest BCUT2D eigenvalue weighted by Gasteiger charge is -2.23. The van der Waals surface area contributed by atoms with Crippen molar-refractivity contribution in [2.45, 2.75) is 64.9 Å². The first kappa shape index (κ1) is 28.5. The fourth-order valence-corrected chi connectivity index (χ4v) is 6.10. The van der Waals surface area contributed by atoms with E-state index in [1.807, 2.05) is 80.9 Å². The van der Waals surface area contributed by atoms with Crippen molar-refractivity contribution in [3.05, 3.63) is 76.5 Å². The molecule has 1 fully saturated rings. The zero-order valence-electron chi connectivity index (χ0n) is 23.9. The van der Waals surface area contributed by atoms with Gasteiger partial charge in [0.15, 0.2) is 6.23 Å². The van der Waals surface area contributed by atoms with E-state index >= 15 is 0 Å². The number of hydrogen-bond donors (Lipinski definition) is 0. The van der Waals surface area contributed by atoms with E-state index in [0.717, 1.165) is 41.1 Å². The number of nitrogens with zero attached hydrogens (tertiary/aromatic N) is 4. The van der Waals surface area contributed by atoms with Crippen LogP contribution < -0.4 is 4.74 Å². The number of halogens is 2. The van der Waals surface area contributed by atoms with E-state index in [9.17, 15) is 4.79 Å². The summed E-state index contributed by atoms with van der Waals surface area (Å²) in [6, 6.07) is 15.5. The van der Waals surface area contributed by atoms with E-state index in [1.54, 1.807) is 17.0 Å². The molecule has 3 aromatic heterocycles. The normalized spacial score (nSPS) is 16.6. The molecule has 218 valence electrons. The smallest absolute Gasteiger partial charge is 0.419 e. The largest absolute Gasteiger partial charge is 0.486 e. The highest BCUT2D eigenvalue weighted by Crippen LogP contribution is 2.39. The summed E-state index contributed by atoms with van der Waals surface area (Å²) >= 11 is 12.8. The molecule has 0 bridgehead atoms. The number of pyridine rings is 1. The summed E-state index contributed by atoms with van der Waals surface area (Å²) < 4.78 is 21.9. The van der Waals surface area contributed by atoms with E-state index in [0.29, 0.717) is 39.4 Å². The van der Waals surface area contributed by atoms with Crippen LogP contribution in [0.25, 0.3) is 33.2 Å². The molecule has 1 saturated heterocycles. The van der Waals surface area contributed by atoms with Crippen LogP contribution in [0.3, 0.4) is 0 Å². The van der Waals surface area contributed by atoms with E-state index in [1.165, 1.54) is 0 Å². The van der Waals surface area contributed by atoms with Gasteiger partial charge in [0.2, 0.25) is 0 Å². The van der Waals surface area contributed by atoms with E-state index < -0.39 is 17.8 Å². The number of aromatic nitrogens is 4. The molecule has 0 radical (unpaired) electrons. The molecule has 4 heterocycles. The average Bonchev–Trinajstić information content (AvgIpc) is 3.51. The Balaban J connectivity index is 1.52. The van der Waals surface area contributed by atoms with Crippen LogP contribution >= 0.6 is 23.2 Å². The zero-order valence-corrected chi connectivity index (χ0v) is 25.4. The molecule has 2 aromatic carbocycles. The van der Waals surface area contributed by atoms with Gasteiger partial charge in [-0.25, -0.2) is 14.0 Å². The Morgan fingerprint density at radius 3 is 2.52 bits per heavy atom. The van der Waals surface area contributed by atoms with Gasteiger partial charge in [0, 0.05) is 35.3 Å². The predicted molar refractivity (Wildman–Crippen MR) is 164 cm³/mol. The molecular formula is C32H32Cl2N4O4. The van der Waals surface area contributed by atoms with Crippen LogP contribution in [0.5, 0.6) is 5.75 Å². The molecule has 6 rings (SSSR count). The van der Waals surface area contributed by atoms with Crippen LogP contribution in [0.1, 0.15) is 64.9 Å². The number of fused-ring (bicyclic) bond motifs is 2. The van der Waals surface area contributed by atoms with Gasteiger partial charge >= 0.3 is 6.09 Å². The topological polar surface area (TPSA) is 80.4 Å². The molecule has 0 amide bonds. The SMILES string of the molecule is CC(Oc1ccc2c(c1)c(-c1cc3ccccc3n1C(=O)OC(C)(C)C)nn2C1CCCCO1)c1c(Cl)cncc1Cl. The van der Waals surface area contributed by atoms with Gasteiger partial charge in [-0.15, -0.1) is 0 Å². The second-order valence-electron chi connectivity index (χ2n) is 11.5. The molecule has 8 nitrogen and oxygen atoms in total. The average molecular weight is 608 g/mol. The molecular weight excluding hydrogens is 575 g/mol. The summed E-state index contributed by atoms with van der Waals surface area (Å²) in [6.07, 6.45) is 4.88. The van der Waals surface area contributed by atoms with Gasteiger partial charge in [-0.3, -0.25) is 4.98 Å². The van der Waals surface area contributed by atoms with Crippen molar-refractivity contribution in [2.75, 3.05) is 6.61 Å². The van der Waals surface area contributed by atoms with E-state index in [-0.39, 0.29) is 6.23 Å². The minimum Gasteiger partial charge on any atom is -0.486 e. The lowest BCUT2D eigenvalue weighted by atomic mass is 10.1. The summed E-state index contributed by atoms with van der Waals surface area (Å²) in [6.45, 7) is 8.12. The van der Waals surface area contributed by atoms with Crippen molar-refractivity contribution in [1.82, 2.24) is 19.3 Å². The molecule has 42 heavy (non-hydrogen) atoms. The van der Waals surface area contributed by atoms with Crippen LogP contribution in [-0.2, 0) is 9.47 Å². The molecule has 1 aliphatic rings. The highest BCUT2D eigenvalue weighted by Gasteiger charge is 2.28. The Morgan fingerprint density at radius 1 is 1.05 bits per heavy atom. The number of benzene rings is 2. The first-order chi connectivity index (χ1) is 20.1. The standard InChI is InChI=1S/C32H32Cl2N4O4/c1-19(29-23(33)17-35-18-24(29)34)41-21-12-13-26-22(16-21)30(36-38(26)28-11-7-8-14-40-28)27-15-20-9-5-6-10-25(20)37(27)31(39)42-32(2,3)4/h5-6,9-10,12-13,15-19,28H,7-8,11,14H2,1-4H3. The monoisotopic (exact) mass is 606 g/mol. The number of para-hydroxylation sites is 1. The third-order valence-corrected chi connectivity index (χ3v) is 7.85. The summed E-state index contributed by atoms with van der Waals surface area (Å²) in [5.41, 5.74) is 2.84. The maximum Gasteiger partial charge on any atom is 0.419 e. The van der Waals surface area contributed by atoms with E-state index in [2.05, 4.69) is 4.98 Å². The molecule has 2 unspecified atom stereocenters. The van der Waals surface area contributed by atoms with Crippen LogP contribution in [0.4, 0.5) is 4.79 Å². The van der Waals surface area contributed by atoms with E-state index in [4.69, 9.17) is 42.5 Å². The third-order valence-electron chi connectivity index (χ3n) is 7.25. The second-order valence-corrected chi connectivity index (χ2v) is 12.3. The van der Waals surface area contributed by atoms with Crippen molar-refractivity contribution in [3.63, 3.8) is 0 Å². The van der Waals surface area contributed by atoms with Crippen LogP contribution in [0, 0.1) is 0 Å². The molecule has 0 aliphatic carbocycles. The summed E-state index contributed by atoms with van der Waals surface area (Å²) in [5.74, 6) is 0.601. The van der Waals surface area contributed by atoms with Crippen molar-refractivity contribution in [1.29, 1.82) is 0 Å². The number of hydrogen-bond acceptors (Lipinski definition) is 6. The third kappa shape index (κ3) is 5.46. The van der Waals surface area contributed by atoms with Crippen molar-refractivity contribution in [3.8, 4) is 17.1 Å². The molecule has 1 aliphatic heterocycles. The van der Waals surface area contributed by atoms with Gasteiger partial charge in [0.1, 0.15) is 23.1 Å². The Kier molecular flexibility index (Phi) is 7.64. The number of carbonyl (C=O) groups is 1. The minimum absolute atomic E-state index is 0.213. The number of carbonyl (C=O) groups excluding carboxylic acids is 1. The fraction of sp³-hybridized carbons (Fsp3) is 0.344. The molecule has 5 aromatic rings. The number of rotatable bonds is 5. The molecule has 0 saturated carbocycles. The van der Waals surface area contributed by atoms with Crippen molar-refractivity contribution < 1.29 is 19.0 Å². The van der Waals surface area contributed by atoms with Gasteiger partial charge in [0.05, 0.1) is 26.8 Å². The Bertz CT molecular complexity index is 1760. The first-order valence-corrected chi connectivity index (χ1v) is 14.8. The van der Waals surface area contributed by atoms with Crippen molar-refractivity contribution >= 4 is 51.1 Å². The van der Waals surface area contributed by atoms with Crippen LogP contribution in [-0.4, -0.2) is 37.6 Å². The molecule has 10 heteroatoms. The quantitative estimate of drug-likeness (QED) is 0.198. The highest BCUT2D eigenvalue weighted by molar-refractivity contribution is 6.35. The van der Waals surface area contributed by atoms with Gasteiger partial charge in [-0.1, -0.05) is 41.4 Å². The van der Waals surface area contributed by atoms with Gasteiger partial charge in [0.25, 0.3) is 0 Å². The van der Waals surface area contributed by atoms with Crippen LogP contribution in [0.2, 0.25) is 10.0 Å². The Morgan fingerprint density at radius 2 is 1.81 bits per heavy atom. The second kappa shape index (κ2) is 11.2. The minimum atomic E-state index is -0.677. The number of ether oxygens (including phenoxy) is 3. The fourth-order valence-electron chi connectivity index (χ4n) is 5.42. The lowest BCUT2D eigenvalue weighted by Crippen LogP contribution is -2.27. The summed E-state index contributed by atoms with van der Waals surface area (Å²) in [5, 5.41) is 7.66. The maximum atomic E-state index is 13.6. The van der Waals surface area contributed by atoms with Gasteiger partial charge < -0.3 is 14.2 Å². The molecule has 2 atom stereocenters. The predicted octanol–water partition coefficient (Wildman–Crippen LogP) is 8.98. The maximum absolute atomic E-state index is 13.6. The molecule has 0 spiro atoms. The first-order valence-electron chi connectivity index (χ1n) is 14.0. The highest BCUT2D eigenvalue weighted by atomic mass is 35.5. The van der Waals surface area contributed by atoms with Crippen LogP contribution in [0.15, 0.2) is 60.9 Å². The van der Waals surface area contributed by atoms with Gasteiger partial charge in [-0.2, -0.15) is 5.10 Å². The Labute approximate surface area is 254 Å². The van der Waals surface area contributed by atoms with Gasteiger partial charge in [-0.05, 0) is 77.3 Å². The molecule has 0 N–H and O–H groups in total. The van der Waals surface area contributed by atoms with Crippen molar-refractivity contribution in [2.24, 2.45) is 0 Å². The lowest BCUT2D eigenvalue weighted by molar-refractivity contribution is -0.0365. The summed E-state index contributed by atoms with van der Waals surface area (Å²) in [4.78, 5) is 17.7. The Hall–Kier alpha value is -3.59. The summed E-state index contributed by atoms with van der Waals surface area (Å²) in [7, 11) is 0.